The van der Waals surface area contributed by atoms with Crippen molar-refractivity contribution in [2.45, 2.75) is 32.4 Å². The SMILES string of the molecule is Cn1c(=O)n(CCC(C)(C)O)c2cc(Nc3nc(Cl)ncc3Cl)ncc21. The van der Waals surface area contributed by atoms with Gasteiger partial charge in [-0.05, 0) is 31.9 Å². The third-order valence-electron chi connectivity index (χ3n) is 3.94. The van der Waals surface area contributed by atoms with Gasteiger partial charge in [0.2, 0.25) is 5.28 Å². The highest BCUT2D eigenvalue weighted by Gasteiger charge is 2.17. The number of nitrogens with zero attached hydrogens (tertiary/aromatic N) is 5. The van der Waals surface area contributed by atoms with E-state index in [0.717, 1.165) is 0 Å². The number of nitrogens with one attached hydrogen (secondary N) is 1. The topological polar surface area (TPSA) is 97.9 Å². The average Bonchev–Trinajstić information content (AvgIpc) is 2.79. The molecule has 0 aliphatic rings. The molecule has 10 heteroatoms. The lowest BCUT2D eigenvalue weighted by molar-refractivity contribution is 0.0662. The van der Waals surface area contributed by atoms with Gasteiger partial charge in [0.05, 0.1) is 29.0 Å². The number of rotatable bonds is 5. The Hall–Kier alpha value is -2.16. The van der Waals surface area contributed by atoms with Gasteiger partial charge in [-0.3, -0.25) is 9.13 Å². The summed E-state index contributed by atoms with van der Waals surface area (Å²) in [5.41, 5.74) is 0.325. The maximum absolute atomic E-state index is 12.5. The first-order chi connectivity index (χ1) is 12.2. The number of pyridine rings is 1. The normalized spacial score (nSPS) is 11.9. The molecule has 3 rings (SSSR count). The summed E-state index contributed by atoms with van der Waals surface area (Å²) in [6.45, 7) is 3.79. The van der Waals surface area contributed by atoms with Crippen molar-refractivity contribution in [2.75, 3.05) is 5.32 Å². The van der Waals surface area contributed by atoms with Crippen molar-refractivity contribution in [2.24, 2.45) is 7.05 Å². The van der Waals surface area contributed by atoms with Gasteiger partial charge in [0.25, 0.3) is 0 Å². The van der Waals surface area contributed by atoms with Crippen LogP contribution in [-0.2, 0) is 13.6 Å². The minimum absolute atomic E-state index is 0.0553. The molecule has 0 radical (unpaired) electrons. The number of hydrogen-bond donors (Lipinski definition) is 2. The van der Waals surface area contributed by atoms with Crippen LogP contribution in [0.15, 0.2) is 23.3 Å². The van der Waals surface area contributed by atoms with E-state index in [9.17, 15) is 9.90 Å². The fourth-order valence-electron chi connectivity index (χ4n) is 2.52. The summed E-state index contributed by atoms with van der Waals surface area (Å²) in [5.74, 6) is 0.775. The van der Waals surface area contributed by atoms with E-state index < -0.39 is 5.60 Å². The van der Waals surface area contributed by atoms with Crippen LogP contribution >= 0.6 is 23.2 Å². The van der Waals surface area contributed by atoms with E-state index in [2.05, 4.69) is 20.3 Å². The Balaban J connectivity index is 2.01. The Morgan fingerprint density at radius 1 is 1.23 bits per heavy atom. The predicted molar refractivity (Wildman–Crippen MR) is 101 cm³/mol. The first-order valence-electron chi connectivity index (χ1n) is 7.88. The highest BCUT2D eigenvalue weighted by molar-refractivity contribution is 6.33. The molecule has 0 saturated heterocycles. The molecule has 0 spiro atoms. The molecular weight excluding hydrogens is 379 g/mol. The maximum Gasteiger partial charge on any atom is 0.328 e. The number of aromatic nitrogens is 5. The van der Waals surface area contributed by atoms with Gasteiger partial charge in [-0.25, -0.2) is 14.8 Å². The summed E-state index contributed by atoms with van der Waals surface area (Å²) >= 11 is 11.9. The molecule has 3 aromatic rings. The van der Waals surface area contributed by atoms with Crippen LogP contribution in [0.3, 0.4) is 0 Å². The molecule has 138 valence electrons. The number of anilines is 2. The molecule has 3 aromatic heterocycles. The van der Waals surface area contributed by atoms with Gasteiger partial charge in [0.1, 0.15) is 10.8 Å². The van der Waals surface area contributed by atoms with Gasteiger partial charge >= 0.3 is 5.69 Å². The number of aryl methyl sites for hydroxylation is 2. The summed E-state index contributed by atoms with van der Waals surface area (Å²) < 4.78 is 3.12. The molecule has 0 bridgehead atoms. The first kappa shape index (κ1) is 18.6. The molecule has 8 nitrogen and oxygen atoms in total. The highest BCUT2D eigenvalue weighted by Crippen LogP contribution is 2.24. The summed E-state index contributed by atoms with van der Waals surface area (Å²) in [7, 11) is 1.68. The van der Waals surface area contributed by atoms with E-state index in [0.29, 0.717) is 40.7 Å². The lowest BCUT2D eigenvalue weighted by Gasteiger charge is -2.17. The zero-order chi connectivity index (χ0) is 19.1. The van der Waals surface area contributed by atoms with Crippen LogP contribution in [0.2, 0.25) is 10.3 Å². The fraction of sp³-hybridized carbons (Fsp3) is 0.375. The molecule has 2 N–H and O–H groups in total. The average molecular weight is 397 g/mol. The quantitative estimate of drug-likeness (QED) is 0.643. The lowest BCUT2D eigenvalue weighted by Crippen LogP contribution is -2.27. The van der Waals surface area contributed by atoms with Crippen LogP contribution in [0, 0.1) is 0 Å². The minimum Gasteiger partial charge on any atom is -0.390 e. The smallest absolute Gasteiger partial charge is 0.328 e. The Morgan fingerprint density at radius 3 is 2.65 bits per heavy atom. The molecule has 0 fully saturated rings. The third kappa shape index (κ3) is 3.82. The molecule has 0 amide bonds. The number of halogens is 2. The minimum atomic E-state index is -0.874. The maximum atomic E-state index is 12.5. The van der Waals surface area contributed by atoms with E-state index >= 15 is 0 Å². The van der Waals surface area contributed by atoms with Crippen molar-refractivity contribution >= 4 is 45.9 Å². The van der Waals surface area contributed by atoms with Crippen LogP contribution in [0.25, 0.3) is 11.0 Å². The van der Waals surface area contributed by atoms with E-state index in [1.54, 1.807) is 37.7 Å². The Bertz CT molecular complexity index is 1020. The van der Waals surface area contributed by atoms with Crippen LogP contribution in [-0.4, -0.2) is 34.8 Å². The molecule has 0 atom stereocenters. The van der Waals surface area contributed by atoms with Gasteiger partial charge in [0.15, 0.2) is 5.82 Å². The zero-order valence-corrected chi connectivity index (χ0v) is 16.0. The van der Waals surface area contributed by atoms with Gasteiger partial charge < -0.3 is 10.4 Å². The van der Waals surface area contributed by atoms with E-state index in [1.165, 1.54) is 10.8 Å². The number of imidazole rings is 1. The second kappa shape index (κ2) is 6.86. The third-order valence-corrected chi connectivity index (χ3v) is 4.40. The highest BCUT2D eigenvalue weighted by atomic mass is 35.5. The Kier molecular flexibility index (Phi) is 4.92. The van der Waals surface area contributed by atoms with Gasteiger partial charge in [-0.15, -0.1) is 0 Å². The van der Waals surface area contributed by atoms with E-state index in [4.69, 9.17) is 23.2 Å². The fourth-order valence-corrected chi connectivity index (χ4v) is 2.80. The molecule has 26 heavy (non-hydrogen) atoms. The largest absolute Gasteiger partial charge is 0.390 e. The molecule has 0 unspecified atom stereocenters. The van der Waals surface area contributed by atoms with Crippen molar-refractivity contribution in [1.29, 1.82) is 0 Å². The summed E-state index contributed by atoms with van der Waals surface area (Å²) in [4.78, 5) is 24.6. The van der Waals surface area contributed by atoms with Crippen molar-refractivity contribution in [1.82, 2.24) is 24.1 Å². The van der Waals surface area contributed by atoms with Crippen LogP contribution in [0.5, 0.6) is 0 Å². The number of aliphatic hydroxyl groups is 1. The van der Waals surface area contributed by atoms with Gasteiger partial charge in [-0.1, -0.05) is 11.6 Å². The first-order valence-corrected chi connectivity index (χ1v) is 8.64. The van der Waals surface area contributed by atoms with E-state index in [-0.39, 0.29) is 11.0 Å². The molecule has 0 aliphatic carbocycles. The molecule has 0 saturated carbocycles. The van der Waals surface area contributed by atoms with Gasteiger partial charge in [0, 0.05) is 19.7 Å². The lowest BCUT2D eigenvalue weighted by atomic mass is 10.1. The number of hydrogen-bond acceptors (Lipinski definition) is 6. The van der Waals surface area contributed by atoms with Crippen molar-refractivity contribution in [3.63, 3.8) is 0 Å². The second-order valence-corrected chi connectivity index (χ2v) is 7.32. The standard InChI is InChI=1S/C16H18Cl2N6O2/c1-16(2,26)4-5-24-10-6-12(19-8-11(10)23(3)15(24)25)21-13-9(17)7-20-14(18)22-13/h6-8,26H,4-5H2,1-3H3,(H,19,20,21,22). The second-order valence-electron chi connectivity index (χ2n) is 6.57. The predicted octanol–water partition coefficient (Wildman–Crippen LogP) is 2.74. The molecule has 0 aromatic carbocycles. The Morgan fingerprint density at radius 2 is 1.96 bits per heavy atom. The van der Waals surface area contributed by atoms with Crippen LogP contribution in [0.1, 0.15) is 20.3 Å². The van der Waals surface area contributed by atoms with Gasteiger partial charge in [-0.2, -0.15) is 4.98 Å². The molecule has 3 heterocycles. The Labute approximate surface area is 159 Å². The zero-order valence-electron chi connectivity index (χ0n) is 14.5. The van der Waals surface area contributed by atoms with Crippen molar-refractivity contribution in [3.05, 3.63) is 39.3 Å². The van der Waals surface area contributed by atoms with E-state index in [1.807, 2.05) is 0 Å². The van der Waals surface area contributed by atoms with Crippen molar-refractivity contribution in [3.8, 4) is 0 Å². The molecule has 0 aliphatic heterocycles. The van der Waals surface area contributed by atoms with Crippen LogP contribution < -0.4 is 11.0 Å². The van der Waals surface area contributed by atoms with Crippen LogP contribution in [0.4, 0.5) is 11.6 Å². The molecular formula is C16H18Cl2N6O2. The summed E-state index contributed by atoms with van der Waals surface area (Å²) in [6, 6.07) is 1.73. The number of fused-ring (bicyclic) bond motifs is 1. The summed E-state index contributed by atoms with van der Waals surface area (Å²) in [5, 5.41) is 13.3. The van der Waals surface area contributed by atoms with Crippen molar-refractivity contribution < 1.29 is 5.11 Å². The monoisotopic (exact) mass is 396 g/mol. The summed E-state index contributed by atoms with van der Waals surface area (Å²) in [6.07, 6.45) is 3.42.